The van der Waals surface area contributed by atoms with Crippen LogP contribution in [-0.2, 0) is 14.3 Å². The Labute approximate surface area is 165 Å². The molecule has 0 aromatic heterocycles. The van der Waals surface area contributed by atoms with E-state index in [1.807, 2.05) is 51.1 Å². The highest BCUT2D eigenvalue weighted by Crippen LogP contribution is 2.30. The molecule has 0 saturated heterocycles. The summed E-state index contributed by atoms with van der Waals surface area (Å²) in [6, 6.07) is 14.5. The Bertz CT molecular complexity index is 776. The average Bonchev–Trinajstić information content (AvgIpc) is 2.70. The summed E-state index contributed by atoms with van der Waals surface area (Å²) in [7, 11) is 0. The van der Waals surface area contributed by atoms with Crippen molar-refractivity contribution < 1.29 is 23.8 Å². The second-order valence-corrected chi connectivity index (χ2v) is 6.05. The van der Waals surface area contributed by atoms with E-state index in [1.165, 1.54) is 0 Å². The maximum atomic E-state index is 12.3. The van der Waals surface area contributed by atoms with E-state index >= 15 is 0 Å². The number of nitrogens with one attached hydrogen (secondary N) is 1. The van der Waals surface area contributed by atoms with Gasteiger partial charge in [0, 0.05) is 11.8 Å². The summed E-state index contributed by atoms with van der Waals surface area (Å²) in [4.78, 5) is 24.5. The molecular weight excluding hydrogens is 358 g/mol. The number of amides is 1. The molecule has 0 bridgehead atoms. The molecule has 0 saturated carbocycles. The van der Waals surface area contributed by atoms with Crippen LogP contribution in [0, 0.1) is 0 Å². The lowest BCUT2D eigenvalue weighted by Crippen LogP contribution is -2.24. The zero-order chi connectivity index (χ0) is 20.4. The van der Waals surface area contributed by atoms with Crippen LogP contribution in [0.1, 0.15) is 38.7 Å². The highest BCUT2D eigenvalue weighted by Gasteiger charge is 2.21. The molecule has 1 N–H and O–H groups in total. The van der Waals surface area contributed by atoms with E-state index in [9.17, 15) is 9.59 Å². The van der Waals surface area contributed by atoms with Gasteiger partial charge in [-0.3, -0.25) is 9.59 Å². The highest BCUT2D eigenvalue weighted by atomic mass is 16.5. The molecule has 6 heteroatoms. The van der Waals surface area contributed by atoms with Gasteiger partial charge in [0.2, 0.25) is 0 Å². The number of anilines is 1. The van der Waals surface area contributed by atoms with Gasteiger partial charge in [0.25, 0.3) is 5.91 Å². The molecule has 2 aromatic rings. The minimum atomic E-state index is -0.414. The second-order valence-electron chi connectivity index (χ2n) is 6.05. The molecular formula is C22H27NO5. The zero-order valence-corrected chi connectivity index (χ0v) is 16.6. The van der Waals surface area contributed by atoms with Gasteiger partial charge in [-0.05, 0) is 38.0 Å². The summed E-state index contributed by atoms with van der Waals surface area (Å²) in [6.07, 6.45) is 0.598. The Kier molecular flexibility index (Phi) is 8.34. The van der Waals surface area contributed by atoms with Gasteiger partial charge in [0.1, 0.15) is 0 Å². The monoisotopic (exact) mass is 385 g/mol. The quantitative estimate of drug-likeness (QED) is 0.622. The normalized spacial score (nSPS) is 11.4. The zero-order valence-electron chi connectivity index (χ0n) is 16.6. The van der Waals surface area contributed by atoms with E-state index in [2.05, 4.69) is 5.32 Å². The third-order valence-corrected chi connectivity index (χ3v) is 4.07. The molecule has 0 unspecified atom stereocenters. The van der Waals surface area contributed by atoms with Crippen LogP contribution in [0.5, 0.6) is 11.5 Å². The second kappa shape index (κ2) is 11.0. The first-order chi connectivity index (χ1) is 13.6. The molecule has 2 rings (SSSR count). The molecule has 0 radical (unpaired) electrons. The molecule has 0 spiro atoms. The summed E-state index contributed by atoms with van der Waals surface area (Å²) < 4.78 is 16.3. The molecule has 2 aromatic carbocycles. The van der Waals surface area contributed by atoms with Crippen LogP contribution in [0.4, 0.5) is 5.69 Å². The van der Waals surface area contributed by atoms with Crippen molar-refractivity contribution in [3.63, 3.8) is 0 Å². The standard InChI is InChI=1S/C22H27NO5/c1-4-18(16-10-8-7-9-11-16)22(25)28-15-21(24)23-17-12-13-19(26-5-2)20(14-17)27-6-3/h7-14,18H,4-6,15H2,1-3H3,(H,23,24)/t18-/m0/s1. The fourth-order valence-electron chi connectivity index (χ4n) is 2.79. The van der Waals surface area contributed by atoms with E-state index in [1.54, 1.807) is 18.2 Å². The van der Waals surface area contributed by atoms with Crippen molar-refractivity contribution in [3.05, 3.63) is 54.1 Å². The van der Waals surface area contributed by atoms with Crippen LogP contribution in [-0.4, -0.2) is 31.7 Å². The smallest absolute Gasteiger partial charge is 0.313 e. The minimum absolute atomic E-state index is 0.348. The third-order valence-electron chi connectivity index (χ3n) is 4.07. The third kappa shape index (κ3) is 6.01. The Balaban J connectivity index is 1.94. The number of benzene rings is 2. The predicted octanol–water partition coefficient (Wildman–Crippen LogP) is 4.16. The lowest BCUT2D eigenvalue weighted by Gasteiger charge is -2.15. The van der Waals surface area contributed by atoms with Gasteiger partial charge in [-0.15, -0.1) is 0 Å². The number of carbonyl (C=O) groups is 2. The maximum Gasteiger partial charge on any atom is 0.313 e. The molecule has 1 atom stereocenters. The van der Waals surface area contributed by atoms with Crippen LogP contribution >= 0.6 is 0 Å². The fraction of sp³-hybridized carbons (Fsp3) is 0.364. The van der Waals surface area contributed by atoms with Gasteiger partial charge in [-0.2, -0.15) is 0 Å². The lowest BCUT2D eigenvalue weighted by atomic mass is 9.97. The van der Waals surface area contributed by atoms with E-state index in [0.29, 0.717) is 36.8 Å². The summed E-state index contributed by atoms with van der Waals surface area (Å²) >= 11 is 0. The summed E-state index contributed by atoms with van der Waals surface area (Å²) in [5.74, 6) is -0.0471. The first kappa shape index (κ1) is 21.3. The number of esters is 1. The van der Waals surface area contributed by atoms with E-state index < -0.39 is 11.9 Å². The average molecular weight is 385 g/mol. The first-order valence-corrected chi connectivity index (χ1v) is 9.50. The molecule has 0 aliphatic rings. The van der Waals surface area contributed by atoms with Crippen LogP contribution < -0.4 is 14.8 Å². The van der Waals surface area contributed by atoms with Crippen molar-refractivity contribution in [1.29, 1.82) is 0 Å². The van der Waals surface area contributed by atoms with Gasteiger partial charge in [0.15, 0.2) is 18.1 Å². The maximum absolute atomic E-state index is 12.3. The van der Waals surface area contributed by atoms with Gasteiger partial charge in [0.05, 0.1) is 19.1 Å². The molecule has 6 nitrogen and oxygen atoms in total. The summed E-state index contributed by atoms with van der Waals surface area (Å²) in [5, 5.41) is 2.71. The SMILES string of the molecule is CCOc1ccc(NC(=O)COC(=O)[C@@H](CC)c2ccccc2)cc1OCC. The Morgan fingerprint density at radius 3 is 2.25 bits per heavy atom. The van der Waals surface area contributed by atoms with Crippen LogP contribution in [0.3, 0.4) is 0 Å². The predicted molar refractivity (Wildman–Crippen MR) is 108 cm³/mol. The van der Waals surface area contributed by atoms with Gasteiger partial charge >= 0.3 is 5.97 Å². The van der Waals surface area contributed by atoms with Crippen LogP contribution in [0.2, 0.25) is 0 Å². The van der Waals surface area contributed by atoms with Crippen LogP contribution in [0.15, 0.2) is 48.5 Å². The molecule has 0 aliphatic heterocycles. The van der Waals surface area contributed by atoms with Gasteiger partial charge in [-0.25, -0.2) is 0 Å². The number of ether oxygens (including phenoxy) is 3. The Morgan fingerprint density at radius 1 is 0.929 bits per heavy atom. The highest BCUT2D eigenvalue weighted by molar-refractivity contribution is 5.93. The molecule has 0 heterocycles. The van der Waals surface area contributed by atoms with E-state index in [0.717, 1.165) is 5.56 Å². The lowest BCUT2D eigenvalue weighted by molar-refractivity contribution is -0.149. The van der Waals surface area contributed by atoms with Gasteiger partial charge < -0.3 is 19.5 Å². The number of hydrogen-bond acceptors (Lipinski definition) is 5. The number of rotatable bonds is 10. The number of hydrogen-bond donors (Lipinski definition) is 1. The molecule has 0 fully saturated rings. The first-order valence-electron chi connectivity index (χ1n) is 9.50. The van der Waals surface area contributed by atoms with Crippen molar-refractivity contribution >= 4 is 17.6 Å². The van der Waals surface area contributed by atoms with E-state index in [-0.39, 0.29) is 12.5 Å². The Morgan fingerprint density at radius 2 is 1.61 bits per heavy atom. The number of carbonyl (C=O) groups excluding carboxylic acids is 2. The molecule has 150 valence electrons. The molecule has 0 aliphatic carbocycles. The minimum Gasteiger partial charge on any atom is -0.490 e. The van der Waals surface area contributed by atoms with Crippen molar-refractivity contribution in [2.75, 3.05) is 25.1 Å². The summed E-state index contributed by atoms with van der Waals surface area (Å²) in [5.41, 5.74) is 1.42. The molecule has 28 heavy (non-hydrogen) atoms. The largest absolute Gasteiger partial charge is 0.490 e. The van der Waals surface area contributed by atoms with Crippen molar-refractivity contribution in [3.8, 4) is 11.5 Å². The molecule has 1 amide bonds. The summed E-state index contributed by atoms with van der Waals surface area (Å²) in [6.45, 7) is 6.32. The Hall–Kier alpha value is -3.02. The topological polar surface area (TPSA) is 73.9 Å². The van der Waals surface area contributed by atoms with Crippen LogP contribution in [0.25, 0.3) is 0 Å². The van der Waals surface area contributed by atoms with Gasteiger partial charge in [-0.1, -0.05) is 37.3 Å². The van der Waals surface area contributed by atoms with Crippen molar-refractivity contribution in [2.24, 2.45) is 0 Å². The van der Waals surface area contributed by atoms with Crippen molar-refractivity contribution in [2.45, 2.75) is 33.1 Å². The van der Waals surface area contributed by atoms with Crippen molar-refractivity contribution in [1.82, 2.24) is 0 Å². The fourth-order valence-corrected chi connectivity index (χ4v) is 2.79. The van der Waals surface area contributed by atoms with E-state index in [4.69, 9.17) is 14.2 Å².